The number of nitrogens with one attached hydrogen (secondary N) is 1. The molecule has 0 atom stereocenters. The van der Waals surface area contributed by atoms with Crippen molar-refractivity contribution in [3.05, 3.63) is 41.5 Å². The lowest BCUT2D eigenvalue weighted by molar-refractivity contribution is -0.116. The Balaban J connectivity index is 2.38. The highest BCUT2D eigenvalue weighted by Gasteiger charge is 2.29. The van der Waals surface area contributed by atoms with E-state index in [0.717, 1.165) is 9.87 Å². The number of esters is 1. The SMILES string of the molecule is CCN(CC(=O)Nc1cc(OC)c(OC)cc1C(=O)OC)S(=O)(=O)c1cc(C)ccc1OC. The Labute approximate surface area is 193 Å². The predicted molar refractivity (Wildman–Crippen MR) is 122 cm³/mol. The van der Waals surface area contributed by atoms with Crippen molar-refractivity contribution in [2.24, 2.45) is 0 Å². The first-order chi connectivity index (χ1) is 15.6. The van der Waals surface area contributed by atoms with Gasteiger partial charge in [-0.2, -0.15) is 4.31 Å². The molecule has 0 aliphatic rings. The molecule has 0 saturated heterocycles. The van der Waals surface area contributed by atoms with Crippen LogP contribution < -0.4 is 19.5 Å². The molecule has 33 heavy (non-hydrogen) atoms. The number of anilines is 1. The molecule has 1 N–H and O–H groups in total. The van der Waals surface area contributed by atoms with Gasteiger partial charge >= 0.3 is 5.97 Å². The number of methoxy groups -OCH3 is 4. The summed E-state index contributed by atoms with van der Waals surface area (Å²) < 4.78 is 47.9. The van der Waals surface area contributed by atoms with E-state index in [-0.39, 0.29) is 39.9 Å². The lowest BCUT2D eigenvalue weighted by atomic mass is 10.1. The highest BCUT2D eigenvalue weighted by Crippen LogP contribution is 2.34. The van der Waals surface area contributed by atoms with E-state index in [4.69, 9.17) is 18.9 Å². The van der Waals surface area contributed by atoms with E-state index in [9.17, 15) is 18.0 Å². The number of carbonyl (C=O) groups excluding carboxylic acids is 2. The van der Waals surface area contributed by atoms with Crippen LogP contribution in [0.15, 0.2) is 35.2 Å². The minimum atomic E-state index is -4.05. The minimum absolute atomic E-state index is 0.0229. The number of carbonyl (C=O) groups is 2. The van der Waals surface area contributed by atoms with E-state index in [1.165, 1.54) is 46.6 Å². The first-order valence-corrected chi connectivity index (χ1v) is 11.4. The predicted octanol–water partition coefficient (Wildman–Crippen LogP) is 2.46. The standard InChI is InChI=1S/C22H28N2O8S/c1-7-24(33(27,28)20-10-14(2)8-9-17(20)29-3)13-21(25)23-16-12-19(31-5)18(30-4)11-15(16)22(26)32-6/h8-12H,7,13H2,1-6H3,(H,23,25). The molecule has 0 radical (unpaired) electrons. The van der Waals surface area contributed by atoms with Gasteiger partial charge in [-0.05, 0) is 24.6 Å². The van der Waals surface area contributed by atoms with Gasteiger partial charge in [0, 0.05) is 18.7 Å². The molecule has 2 rings (SSSR count). The lowest BCUT2D eigenvalue weighted by Crippen LogP contribution is -2.38. The monoisotopic (exact) mass is 480 g/mol. The van der Waals surface area contributed by atoms with E-state index < -0.39 is 28.4 Å². The third-order valence-corrected chi connectivity index (χ3v) is 6.75. The summed E-state index contributed by atoms with van der Waals surface area (Å²) in [7, 11) is 1.33. The van der Waals surface area contributed by atoms with Gasteiger partial charge in [0.05, 0.1) is 46.2 Å². The first-order valence-electron chi connectivity index (χ1n) is 9.91. The number of rotatable bonds is 10. The van der Waals surface area contributed by atoms with Gasteiger partial charge in [-0.25, -0.2) is 13.2 Å². The highest BCUT2D eigenvalue weighted by molar-refractivity contribution is 7.89. The molecule has 0 saturated carbocycles. The first kappa shape index (κ1) is 25.9. The van der Waals surface area contributed by atoms with Crippen LogP contribution in [-0.2, 0) is 19.6 Å². The summed E-state index contributed by atoms with van der Waals surface area (Å²) in [5, 5.41) is 2.57. The number of amides is 1. The molecule has 0 aliphatic heterocycles. The normalized spacial score (nSPS) is 11.1. The number of aryl methyl sites for hydroxylation is 1. The Morgan fingerprint density at radius 2 is 1.55 bits per heavy atom. The summed E-state index contributed by atoms with van der Waals surface area (Å²) >= 11 is 0. The molecule has 1 amide bonds. The number of ether oxygens (including phenoxy) is 4. The van der Waals surface area contributed by atoms with Crippen molar-refractivity contribution < 1.29 is 37.0 Å². The molecule has 0 fully saturated rings. The van der Waals surface area contributed by atoms with Crippen molar-refractivity contribution in [3.63, 3.8) is 0 Å². The number of sulfonamides is 1. The van der Waals surface area contributed by atoms with Crippen molar-refractivity contribution in [1.29, 1.82) is 0 Å². The molecule has 180 valence electrons. The van der Waals surface area contributed by atoms with Crippen LogP contribution in [0.3, 0.4) is 0 Å². The fourth-order valence-corrected chi connectivity index (χ4v) is 4.75. The zero-order valence-electron chi connectivity index (χ0n) is 19.4. The van der Waals surface area contributed by atoms with E-state index in [1.54, 1.807) is 26.0 Å². The smallest absolute Gasteiger partial charge is 0.340 e. The number of nitrogens with zero attached hydrogens (tertiary/aromatic N) is 1. The topological polar surface area (TPSA) is 120 Å². The van der Waals surface area contributed by atoms with E-state index in [0.29, 0.717) is 0 Å². The van der Waals surface area contributed by atoms with Gasteiger partial charge in [-0.15, -0.1) is 0 Å². The second-order valence-corrected chi connectivity index (χ2v) is 8.78. The summed E-state index contributed by atoms with van der Waals surface area (Å²) in [6.45, 7) is 2.91. The quantitative estimate of drug-likeness (QED) is 0.515. The van der Waals surface area contributed by atoms with Crippen molar-refractivity contribution in [3.8, 4) is 17.2 Å². The number of likely N-dealkylation sites (N-methyl/N-ethyl adjacent to an activating group) is 1. The van der Waals surface area contributed by atoms with Crippen molar-refractivity contribution in [2.45, 2.75) is 18.7 Å². The van der Waals surface area contributed by atoms with Crippen LogP contribution in [-0.4, -0.2) is 66.1 Å². The third kappa shape index (κ3) is 5.74. The van der Waals surface area contributed by atoms with E-state index in [1.807, 2.05) is 0 Å². The Kier molecular flexibility index (Phi) is 8.66. The number of hydrogen-bond donors (Lipinski definition) is 1. The summed E-state index contributed by atoms with van der Waals surface area (Å²) in [5.74, 6) is -0.669. The number of benzene rings is 2. The van der Waals surface area contributed by atoms with E-state index >= 15 is 0 Å². The van der Waals surface area contributed by atoms with Gasteiger partial charge in [0.1, 0.15) is 10.6 Å². The number of hydrogen-bond acceptors (Lipinski definition) is 8. The summed E-state index contributed by atoms with van der Waals surface area (Å²) in [6, 6.07) is 7.54. The molecule has 0 spiro atoms. The second kappa shape index (κ2) is 11.0. The average Bonchev–Trinajstić information content (AvgIpc) is 2.81. The summed E-state index contributed by atoms with van der Waals surface area (Å²) in [5.41, 5.74) is 0.837. The van der Waals surface area contributed by atoms with Gasteiger partial charge in [-0.3, -0.25) is 4.79 Å². The Morgan fingerprint density at radius 1 is 0.939 bits per heavy atom. The van der Waals surface area contributed by atoms with Crippen LogP contribution >= 0.6 is 0 Å². The molecule has 11 heteroatoms. The molecule has 2 aromatic carbocycles. The van der Waals surface area contributed by atoms with Gasteiger partial charge in [-0.1, -0.05) is 13.0 Å². The zero-order chi connectivity index (χ0) is 24.8. The molecule has 0 aliphatic carbocycles. The maximum Gasteiger partial charge on any atom is 0.340 e. The van der Waals surface area contributed by atoms with Gasteiger partial charge in [0.2, 0.25) is 15.9 Å². The van der Waals surface area contributed by atoms with Crippen molar-refractivity contribution >= 4 is 27.6 Å². The molecule has 0 aromatic heterocycles. The van der Waals surface area contributed by atoms with Gasteiger partial charge < -0.3 is 24.3 Å². The van der Waals surface area contributed by atoms with Crippen LogP contribution in [0.25, 0.3) is 0 Å². The fraction of sp³-hybridized carbons (Fsp3) is 0.364. The fourth-order valence-electron chi connectivity index (χ4n) is 3.10. The average molecular weight is 481 g/mol. The van der Waals surface area contributed by atoms with Crippen molar-refractivity contribution in [1.82, 2.24) is 4.31 Å². The Hall–Kier alpha value is -3.31. The van der Waals surface area contributed by atoms with E-state index in [2.05, 4.69) is 5.32 Å². The maximum absolute atomic E-state index is 13.2. The van der Waals surface area contributed by atoms with Gasteiger partial charge in [0.15, 0.2) is 11.5 Å². The highest BCUT2D eigenvalue weighted by atomic mass is 32.2. The largest absolute Gasteiger partial charge is 0.495 e. The van der Waals surface area contributed by atoms with Crippen LogP contribution in [0, 0.1) is 6.92 Å². The van der Waals surface area contributed by atoms with Crippen LogP contribution in [0.5, 0.6) is 17.2 Å². The molecule has 0 heterocycles. The van der Waals surface area contributed by atoms with Crippen molar-refractivity contribution in [2.75, 3.05) is 46.8 Å². The van der Waals surface area contributed by atoms with Gasteiger partial charge in [0.25, 0.3) is 0 Å². The molecular weight excluding hydrogens is 452 g/mol. The molecule has 2 aromatic rings. The van der Waals surface area contributed by atoms with Crippen LogP contribution in [0.1, 0.15) is 22.8 Å². The maximum atomic E-state index is 13.2. The third-order valence-electron chi connectivity index (χ3n) is 4.81. The molecule has 0 bridgehead atoms. The summed E-state index contributed by atoms with van der Waals surface area (Å²) in [4.78, 5) is 25.0. The van der Waals surface area contributed by atoms with Crippen LogP contribution in [0.4, 0.5) is 5.69 Å². The Morgan fingerprint density at radius 3 is 2.09 bits per heavy atom. The second-order valence-electron chi connectivity index (χ2n) is 6.88. The summed E-state index contributed by atoms with van der Waals surface area (Å²) in [6.07, 6.45) is 0. The molecule has 0 unspecified atom stereocenters. The van der Waals surface area contributed by atoms with Crippen LogP contribution in [0.2, 0.25) is 0 Å². The lowest BCUT2D eigenvalue weighted by Gasteiger charge is -2.22. The minimum Gasteiger partial charge on any atom is -0.495 e. The molecule has 10 nitrogen and oxygen atoms in total. The zero-order valence-corrected chi connectivity index (χ0v) is 20.2. The Bertz CT molecular complexity index is 1130. The molecular formula is C22H28N2O8S.